The van der Waals surface area contributed by atoms with Crippen LogP contribution in [0.15, 0.2) is 30.3 Å². The number of carbonyl (C=O) groups is 2. The van der Waals surface area contributed by atoms with E-state index in [4.69, 9.17) is 5.11 Å². The zero-order valence-corrected chi connectivity index (χ0v) is 7.56. The first-order valence-electron chi connectivity index (χ1n) is 3.95. The summed E-state index contributed by atoms with van der Waals surface area (Å²) in [4.78, 5) is 22.3. The average molecular weight is 193 g/mol. The molecule has 0 unspecified atom stereocenters. The number of aliphatic hydroxyl groups is 1. The molecule has 1 rings (SSSR count). The van der Waals surface area contributed by atoms with E-state index in [1.165, 1.54) is 19.1 Å². The minimum atomic E-state index is -1.09. The molecule has 0 spiro atoms. The Hall–Kier alpha value is -1.68. The van der Waals surface area contributed by atoms with Crippen molar-refractivity contribution in [1.82, 2.24) is 0 Å². The molecule has 0 aliphatic heterocycles. The number of rotatable bonds is 3. The van der Waals surface area contributed by atoms with Gasteiger partial charge in [0.05, 0.1) is 0 Å². The van der Waals surface area contributed by atoms with Crippen LogP contribution < -0.4 is 0 Å². The fourth-order valence-corrected chi connectivity index (χ4v) is 0.888. The summed E-state index contributed by atoms with van der Waals surface area (Å²) in [5.74, 6) is -1.87. The molecule has 0 fully saturated rings. The maximum Gasteiger partial charge on any atom is 0.382 e. The van der Waals surface area contributed by atoms with Crippen LogP contribution in [0, 0.1) is 6.29 Å². The number of benzene rings is 1. The number of aliphatic hydroxyl groups excluding tert-OH is 1. The van der Waals surface area contributed by atoms with Crippen molar-refractivity contribution in [2.24, 2.45) is 0 Å². The van der Waals surface area contributed by atoms with E-state index in [9.17, 15) is 9.59 Å². The number of Topliss-reactive ketones (excluding diaryl/α,β-unsaturated/α-hetero) is 1. The molecule has 0 saturated carbocycles. The van der Waals surface area contributed by atoms with Crippen LogP contribution in [0.25, 0.3) is 0 Å². The second-order valence-corrected chi connectivity index (χ2v) is 2.60. The van der Waals surface area contributed by atoms with Crippen LogP contribution in [0.1, 0.15) is 17.3 Å². The summed E-state index contributed by atoms with van der Waals surface area (Å²) in [5.41, 5.74) is 0.235. The van der Waals surface area contributed by atoms with Crippen LogP contribution in [0.3, 0.4) is 0 Å². The second-order valence-electron chi connectivity index (χ2n) is 2.60. The van der Waals surface area contributed by atoms with E-state index in [0.717, 1.165) is 0 Å². The molecule has 0 aromatic heterocycles. The molecular formula is C10H9O4. The molecule has 0 heterocycles. The van der Waals surface area contributed by atoms with Crippen molar-refractivity contribution in [3.05, 3.63) is 42.2 Å². The molecule has 1 radical (unpaired) electrons. The highest BCUT2D eigenvalue weighted by Gasteiger charge is 2.19. The second kappa shape index (κ2) is 4.53. The maximum atomic E-state index is 11.3. The van der Waals surface area contributed by atoms with Gasteiger partial charge in [0.25, 0.3) is 12.1 Å². The molecule has 1 aromatic carbocycles. The van der Waals surface area contributed by atoms with Crippen LogP contribution in [-0.4, -0.2) is 16.9 Å². The molecule has 4 heteroatoms. The number of ketones is 1. The monoisotopic (exact) mass is 193 g/mol. The molecule has 1 N–H and O–H groups in total. The topological polar surface area (TPSA) is 63.6 Å². The minimum absolute atomic E-state index is 0.235. The number of esters is 1. The Bertz CT molecular complexity index is 329. The molecule has 1 aromatic rings. The molecule has 73 valence electrons. The van der Waals surface area contributed by atoms with E-state index >= 15 is 0 Å². The molecular weight excluding hydrogens is 184 g/mol. The lowest BCUT2D eigenvalue weighted by atomic mass is 10.1. The lowest BCUT2D eigenvalue weighted by molar-refractivity contribution is -0.143. The number of ether oxygens (including phenoxy) is 1. The van der Waals surface area contributed by atoms with Gasteiger partial charge in [-0.3, -0.25) is 4.79 Å². The largest absolute Gasteiger partial charge is 0.420 e. The highest BCUT2D eigenvalue weighted by Crippen LogP contribution is 2.03. The van der Waals surface area contributed by atoms with Gasteiger partial charge in [-0.2, -0.15) is 0 Å². The first-order chi connectivity index (χ1) is 6.61. The number of hydrogen-bond donors (Lipinski definition) is 1. The molecule has 4 nitrogen and oxygen atoms in total. The van der Waals surface area contributed by atoms with Crippen LogP contribution in [-0.2, 0) is 9.53 Å². The highest BCUT2D eigenvalue weighted by atomic mass is 16.6. The van der Waals surface area contributed by atoms with E-state index in [1.54, 1.807) is 18.2 Å². The predicted molar refractivity (Wildman–Crippen MR) is 47.7 cm³/mol. The summed E-state index contributed by atoms with van der Waals surface area (Å²) in [6.07, 6.45) is -0.542. The van der Waals surface area contributed by atoms with Gasteiger partial charge in [-0.05, 0) is 0 Å². The highest BCUT2D eigenvalue weighted by molar-refractivity contribution is 6.40. The summed E-state index contributed by atoms with van der Waals surface area (Å²) in [6, 6.07) is 7.99. The van der Waals surface area contributed by atoms with E-state index in [2.05, 4.69) is 4.74 Å². The minimum Gasteiger partial charge on any atom is -0.420 e. The Morgan fingerprint density at radius 3 is 2.29 bits per heavy atom. The predicted octanol–water partition coefficient (Wildman–Crippen LogP) is 1.29. The van der Waals surface area contributed by atoms with Gasteiger partial charge < -0.3 is 9.84 Å². The molecule has 0 atom stereocenters. The van der Waals surface area contributed by atoms with Crippen molar-refractivity contribution < 1.29 is 19.4 Å². The zero-order valence-electron chi connectivity index (χ0n) is 7.56. The molecule has 0 aliphatic carbocycles. The Morgan fingerprint density at radius 2 is 1.79 bits per heavy atom. The Morgan fingerprint density at radius 1 is 1.21 bits per heavy atom. The fraction of sp³-hybridized carbons (Fsp3) is 0.100. The van der Waals surface area contributed by atoms with Crippen LogP contribution in [0.2, 0.25) is 0 Å². The Kier molecular flexibility index (Phi) is 3.36. The molecule has 14 heavy (non-hydrogen) atoms. The van der Waals surface area contributed by atoms with E-state index < -0.39 is 18.0 Å². The number of carbonyl (C=O) groups excluding carboxylic acids is 2. The van der Waals surface area contributed by atoms with Crippen molar-refractivity contribution in [2.45, 2.75) is 6.92 Å². The van der Waals surface area contributed by atoms with Gasteiger partial charge in [0, 0.05) is 12.5 Å². The molecule has 0 amide bonds. The SMILES string of the molecule is C[C](O)OC(=O)C(=O)c1ccccc1. The normalized spacial score (nSPS) is 9.93. The quantitative estimate of drug-likeness (QED) is 0.446. The average Bonchev–Trinajstić information content (AvgIpc) is 2.17. The lowest BCUT2D eigenvalue weighted by Crippen LogP contribution is -2.18. The van der Waals surface area contributed by atoms with Gasteiger partial charge in [-0.15, -0.1) is 0 Å². The van der Waals surface area contributed by atoms with Crippen molar-refractivity contribution in [1.29, 1.82) is 0 Å². The summed E-state index contributed by atoms with van der Waals surface area (Å²) < 4.78 is 4.25. The summed E-state index contributed by atoms with van der Waals surface area (Å²) in [7, 11) is 0. The first kappa shape index (κ1) is 10.4. The third kappa shape index (κ3) is 2.67. The Labute approximate surface area is 81.1 Å². The van der Waals surface area contributed by atoms with Gasteiger partial charge in [-0.25, -0.2) is 4.79 Å². The lowest BCUT2D eigenvalue weighted by Gasteiger charge is -2.03. The van der Waals surface area contributed by atoms with Crippen LogP contribution >= 0.6 is 0 Å². The van der Waals surface area contributed by atoms with Gasteiger partial charge in [0.2, 0.25) is 0 Å². The molecule has 0 aliphatic rings. The Balaban J connectivity index is 2.72. The first-order valence-corrected chi connectivity index (χ1v) is 3.95. The standard InChI is InChI=1S/C10H9O4/c1-7(11)14-10(13)9(12)8-5-3-2-4-6-8/h2-6,11H,1H3. The van der Waals surface area contributed by atoms with E-state index in [-0.39, 0.29) is 5.56 Å². The van der Waals surface area contributed by atoms with Crippen molar-refractivity contribution >= 4 is 11.8 Å². The fourth-order valence-electron chi connectivity index (χ4n) is 0.888. The molecule has 0 bridgehead atoms. The number of hydrogen-bond acceptors (Lipinski definition) is 4. The van der Waals surface area contributed by atoms with Gasteiger partial charge in [0.15, 0.2) is 0 Å². The zero-order chi connectivity index (χ0) is 10.6. The summed E-state index contributed by atoms with van der Waals surface area (Å²) >= 11 is 0. The third-order valence-electron chi connectivity index (χ3n) is 1.46. The van der Waals surface area contributed by atoms with Gasteiger partial charge in [-0.1, -0.05) is 30.3 Å². The van der Waals surface area contributed by atoms with Gasteiger partial charge in [0.1, 0.15) is 0 Å². The van der Waals surface area contributed by atoms with Crippen molar-refractivity contribution in [2.75, 3.05) is 0 Å². The van der Waals surface area contributed by atoms with Gasteiger partial charge >= 0.3 is 5.97 Å². The summed E-state index contributed by atoms with van der Waals surface area (Å²) in [5, 5.41) is 8.64. The summed E-state index contributed by atoms with van der Waals surface area (Å²) in [6.45, 7) is 1.18. The van der Waals surface area contributed by atoms with E-state index in [0.29, 0.717) is 0 Å². The van der Waals surface area contributed by atoms with Crippen LogP contribution in [0.5, 0.6) is 0 Å². The molecule has 0 saturated heterocycles. The smallest absolute Gasteiger partial charge is 0.382 e. The van der Waals surface area contributed by atoms with Crippen molar-refractivity contribution in [3.63, 3.8) is 0 Å². The third-order valence-corrected chi connectivity index (χ3v) is 1.46. The van der Waals surface area contributed by atoms with Crippen LogP contribution in [0.4, 0.5) is 0 Å². The van der Waals surface area contributed by atoms with E-state index in [1.807, 2.05) is 0 Å². The maximum absolute atomic E-state index is 11.3. The van der Waals surface area contributed by atoms with Crippen molar-refractivity contribution in [3.8, 4) is 0 Å².